The second-order valence-corrected chi connectivity index (χ2v) is 6.88. The highest BCUT2D eigenvalue weighted by atomic mass is 16.1. The van der Waals surface area contributed by atoms with Crippen LogP contribution in [0.4, 0.5) is 11.6 Å². The summed E-state index contributed by atoms with van der Waals surface area (Å²) in [7, 11) is 0. The molecular formula is C20H27N5O. The van der Waals surface area contributed by atoms with Crippen LogP contribution in [0.2, 0.25) is 0 Å². The van der Waals surface area contributed by atoms with Crippen molar-refractivity contribution >= 4 is 17.5 Å². The van der Waals surface area contributed by atoms with Gasteiger partial charge >= 0.3 is 0 Å². The molecule has 1 aliphatic carbocycles. The van der Waals surface area contributed by atoms with Crippen LogP contribution in [0.3, 0.4) is 0 Å². The zero-order valence-electron chi connectivity index (χ0n) is 15.6. The summed E-state index contributed by atoms with van der Waals surface area (Å²) in [5.74, 6) is 0.914. The third kappa shape index (κ3) is 4.56. The first-order valence-electron chi connectivity index (χ1n) is 9.52. The second kappa shape index (κ2) is 8.74. The Morgan fingerprint density at radius 3 is 2.65 bits per heavy atom. The van der Waals surface area contributed by atoms with Crippen molar-refractivity contribution in [3.05, 3.63) is 30.2 Å². The van der Waals surface area contributed by atoms with Crippen LogP contribution >= 0.6 is 0 Å². The number of aromatic nitrogens is 3. The molecule has 0 radical (unpaired) electrons. The molecule has 0 saturated heterocycles. The first-order chi connectivity index (χ1) is 12.7. The van der Waals surface area contributed by atoms with E-state index in [1.807, 2.05) is 19.1 Å². The summed E-state index contributed by atoms with van der Waals surface area (Å²) in [4.78, 5) is 25.6. The van der Waals surface area contributed by atoms with Crippen LogP contribution < -0.4 is 10.6 Å². The van der Waals surface area contributed by atoms with E-state index in [1.54, 1.807) is 12.4 Å². The quantitative estimate of drug-likeness (QED) is 0.730. The number of amides is 1. The molecule has 1 amide bonds. The minimum absolute atomic E-state index is 0.110. The molecule has 2 aromatic heterocycles. The zero-order valence-corrected chi connectivity index (χ0v) is 15.6. The van der Waals surface area contributed by atoms with Crippen LogP contribution in [0.5, 0.6) is 0 Å². The van der Waals surface area contributed by atoms with Crippen LogP contribution in [0, 0.1) is 12.8 Å². The number of nitrogens with zero attached hydrogens (tertiary/aromatic N) is 3. The maximum Gasteiger partial charge on any atom is 0.227 e. The van der Waals surface area contributed by atoms with E-state index in [4.69, 9.17) is 0 Å². The van der Waals surface area contributed by atoms with E-state index in [1.165, 1.54) is 0 Å². The molecule has 0 unspecified atom stereocenters. The Hall–Kier alpha value is -2.50. The van der Waals surface area contributed by atoms with E-state index in [2.05, 4.69) is 32.5 Å². The van der Waals surface area contributed by atoms with Crippen LogP contribution in [-0.2, 0) is 4.79 Å². The van der Waals surface area contributed by atoms with Gasteiger partial charge in [0.25, 0.3) is 0 Å². The van der Waals surface area contributed by atoms with Gasteiger partial charge < -0.3 is 10.6 Å². The Bertz CT molecular complexity index is 738. The highest BCUT2D eigenvalue weighted by Crippen LogP contribution is 2.26. The fraction of sp³-hybridized carbons (Fsp3) is 0.500. The van der Waals surface area contributed by atoms with E-state index < -0.39 is 0 Å². The molecular weight excluding hydrogens is 326 g/mol. The number of hydrogen-bond donors (Lipinski definition) is 2. The van der Waals surface area contributed by atoms with Crippen LogP contribution in [0.15, 0.2) is 24.5 Å². The summed E-state index contributed by atoms with van der Waals surface area (Å²) >= 11 is 0. The van der Waals surface area contributed by atoms with Gasteiger partial charge in [0.05, 0.1) is 23.3 Å². The predicted molar refractivity (Wildman–Crippen MR) is 104 cm³/mol. The molecule has 0 spiro atoms. The topological polar surface area (TPSA) is 79.8 Å². The molecule has 1 fully saturated rings. The lowest BCUT2D eigenvalue weighted by Crippen LogP contribution is -2.20. The van der Waals surface area contributed by atoms with Crippen molar-refractivity contribution in [2.75, 3.05) is 17.2 Å². The smallest absolute Gasteiger partial charge is 0.227 e. The van der Waals surface area contributed by atoms with Crippen molar-refractivity contribution in [2.45, 2.75) is 52.4 Å². The lowest BCUT2D eigenvalue weighted by Gasteiger charge is -2.11. The zero-order chi connectivity index (χ0) is 18.4. The van der Waals surface area contributed by atoms with Gasteiger partial charge in [-0.1, -0.05) is 26.2 Å². The number of carbonyl (C=O) groups excluding carboxylic acids is 1. The predicted octanol–water partition coefficient (Wildman–Crippen LogP) is 4.19. The number of aryl methyl sites for hydroxylation is 1. The number of carbonyl (C=O) groups is 1. The molecule has 6 heteroatoms. The van der Waals surface area contributed by atoms with Gasteiger partial charge in [-0.2, -0.15) is 0 Å². The van der Waals surface area contributed by atoms with Crippen LogP contribution in [0.25, 0.3) is 11.3 Å². The molecule has 26 heavy (non-hydrogen) atoms. The van der Waals surface area contributed by atoms with Crippen LogP contribution in [-0.4, -0.2) is 27.4 Å². The molecule has 0 aliphatic heterocycles. The summed E-state index contributed by atoms with van der Waals surface area (Å²) in [6, 6.07) is 3.79. The highest BCUT2D eigenvalue weighted by Gasteiger charge is 2.22. The fourth-order valence-electron chi connectivity index (χ4n) is 3.24. The normalized spacial score (nSPS) is 14.4. The van der Waals surface area contributed by atoms with Gasteiger partial charge in [0.2, 0.25) is 11.9 Å². The lowest BCUT2D eigenvalue weighted by molar-refractivity contribution is -0.119. The molecule has 138 valence electrons. The van der Waals surface area contributed by atoms with Gasteiger partial charge in [0.15, 0.2) is 0 Å². The maximum atomic E-state index is 12.2. The molecule has 1 saturated carbocycles. The van der Waals surface area contributed by atoms with Crippen molar-refractivity contribution in [3.8, 4) is 11.3 Å². The van der Waals surface area contributed by atoms with Gasteiger partial charge in [0.1, 0.15) is 0 Å². The van der Waals surface area contributed by atoms with Gasteiger partial charge in [-0.05, 0) is 38.3 Å². The van der Waals surface area contributed by atoms with E-state index in [-0.39, 0.29) is 11.8 Å². The van der Waals surface area contributed by atoms with E-state index in [9.17, 15) is 4.79 Å². The number of nitrogens with one attached hydrogen (secondary N) is 2. The first-order valence-corrected chi connectivity index (χ1v) is 9.52. The number of unbranched alkanes of at least 4 members (excludes halogenated alkanes) is 1. The summed E-state index contributed by atoms with van der Waals surface area (Å²) in [5.41, 5.74) is 3.33. The monoisotopic (exact) mass is 353 g/mol. The molecule has 2 heterocycles. The standard InChI is InChI=1S/C20H27N5O/c1-3-4-11-21-20-23-13-17(14(2)24-20)18-10-9-16(12-22-18)25-19(26)15-7-5-6-8-15/h9-10,12-13,15H,3-8,11H2,1-2H3,(H,25,26)(H,21,23,24). The molecule has 6 nitrogen and oxygen atoms in total. The Morgan fingerprint density at radius 1 is 1.19 bits per heavy atom. The summed E-state index contributed by atoms with van der Waals surface area (Å²) < 4.78 is 0. The number of hydrogen-bond acceptors (Lipinski definition) is 5. The van der Waals surface area contributed by atoms with Crippen LogP contribution in [0.1, 0.15) is 51.1 Å². The Morgan fingerprint density at radius 2 is 2.00 bits per heavy atom. The Kier molecular flexibility index (Phi) is 6.15. The molecule has 0 aromatic carbocycles. The first kappa shape index (κ1) is 18.3. The van der Waals surface area contributed by atoms with Crippen molar-refractivity contribution in [1.82, 2.24) is 15.0 Å². The number of anilines is 2. The van der Waals surface area contributed by atoms with Gasteiger partial charge in [-0.25, -0.2) is 9.97 Å². The molecule has 2 N–H and O–H groups in total. The molecule has 2 aromatic rings. The lowest BCUT2D eigenvalue weighted by atomic mass is 10.1. The Balaban J connectivity index is 1.65. The van der Waals surface area contributed by atoms with Gasteiger partial charge in [0, 0.05) is 24.2 Å². The van der Waals surface area contributed by atoms with Crippen molar-refractivity contribution < 1.29 is 4.79 Å². The molecule has 0 bridgehead atoms. The number of rotatable bonds is 7. The van der Waals surface area contributed by atoms with Crippen molar-refractivity contribution in [2.24, 2.45) is 5.92 Å². The fourth-order valence-corrected chi connectivity index (χ4v) is 3.24. The molecule has 3 rings (SSSR count). The van der Waals surface area contributed by atoms with Crippen molar-refractivity contribution in [1.29, 1.82) is 0 Å². The summed E-state index contributed by atoms with van der Waals surface area (Å²) in [6.45, 7) is 4.99. The summed E-state index contributed by atoms with van der Waals surface area (Å²) in [5, 5.41) is 6.20. The molecule has 0 atom stereocenters. The van der Waals surface area contributed by atoms with Crippen molar-refractivity contribution in [3.63, 3.8) is 0 Å². The van der Waals surface area contributed by atoms with E-state index in [0.717, 1.165) is 67.7 Å². The average Bonchev–Trinajstić information content (AvgIpc) is 3.18. The van der Waals surface area contributed by atoms with E-state index in [0.29, 0.717) is 5.95 Å². The maximum absolute atomic E-state index is 12.2. The highest BCUT2D eigenvalue weighted by molar-refractivity contribution is 5.92. The SMILES string of the molecule is CCCCNc1ncc(-c2ccc(NC(=O)C3CCCC3)cn2)c(C)n1. The van der Waals surface area contributed by atoms with Gasteiger partial charge in [-0.15, -0.1) is 0 Å². The minimum Gasteiger partial charge on any atom is -0.354 e. The Labute approximate surface area is 154 Å². The van der Waals surface area contributed by atoms with Gasteiger partial charge in [-0.3, -0.25) is 9.78 Å². The van der Waals surface area contributed by atoms with E-state index >= 15 is 0 Å². The third-order valence-corrected chi connectivity index (χ3v) is 4.83. The average molecular weight is 353 g/mol. The summed E-state index contributed by atoms with van der Waals surface area (Å²) in [6.07, 6.45) is 10.0. The minimum atomic E-state index is 0.110. The second-order valence-electron chi connectivity index (χ2n) is 6.88. The molecule has 1 aliphatic rings. The largest absolute Gasteiger partial charge is 0.354 e. The third-order valence-electron chi connectivity index (χ3n) is 4.83. The number of pyridine rings is 1.